The molecule has 0 saturated carbocycles. The molecule has 0 atom stereocenters. The molecular formula is C33H40N2O6. The number of amides is 1. The van der Waals surface area contributed by atoms with Crippen molar-refractivity contribution in [3.8, 4) is 22.6 Å². The van der Waals surface area contributed by atoms with Gasteiger partial charge >= 0.3 is 5.97 Å². The van der Waals surface area contributed by atoms with E-state index in [1.807, 2.05) is 59.2 Å². The largest absolute Gasteiger partial charge is 0.497 e. The number of para-hydroxylation sites is 1. The molecule has 8 heteroatoms. The predicted octanol–water partition coefficient (Wildman–Crippen LogP) is 6.09. The first-order valence-electron chi connectivity index (χ1n) is 13.4. The van der Waals surface area contributed by atoms with Gasteiger partial charge in [-0.05, 0) is 40.3 Å². The number of hydrogen-bond acceptors (Lipinski definition) is 5. The molecule has 218 valence electrons. The molecular weight excluding hydrogens is 520 g/mol. The second kappa shape index (κ2) is 13.9. The van der Waals surface area contributed by atoms with Crippen molar-refractivity contribution in [1.82, 2.24) is 9.47 Å². The molecule has 0 radical (unpaired) electrons. The molecule has 1 amide bonds. The second-order valence-corrected chi connectivity index (χ2v) is 10.9. The van der Waals surface area contributed by atoms with Gasteiger partial charge in [-0.25, -0.2) is 4.79 Å². The van der Waals surface area contributed by atoms with Crippen LogP contribution < -0.4 is 9.47 Å². The molecule has 1 aromatic heterocycles. The number of fused-ring (bicyclic) bond motifs is 1. The fraction of sp³-hybridized carbons (Fsp3) is 0.333. The van der Waals surface area contributed by atoms with Crippen molar-refractivity contribution in [3.63, 3.8) is 0 Å². The molecule has 4 aromatic rings. The van der Waals surface area contributed by atoms with Crippen LogP contribution in [0.3, 0.4) is 0 Å². The van der Waals surface area contributed by atoms with E-state index in [4.69, 9.17) is 14.2 Å². The highest BCUT2D eigenvalue weighted by molar-refractivity contribution is 6.08. The van der Waals surface area contributed by atoms with Crippen molar-refractivity contribution in [2.75, 3.05) is 41.5 Å². The third-order valence-electron chi connectivity index (χ3n) is 6.50. The minimum absolute atomic E-state index is 0.0115. The number of benzene rings is 3. The predicted molar refractivity (Wildman–Crippen MR) is 162 cm³/mol. The van der Waals surface area contributed by atoms with Crippen LogP contribution in [0.4, 0.5) is 0 Å². The van der Waals surface area contributed by atoms with Gasteiger partial charge in [0.25, 0.3) is 0 Å². The second-order valence-electron chi connectivity index (χ2n) is 10.9. The Morgan fingerprint density at radius 2 is 1.59 bits per heavy atom. The minimum atomic E-state index is -0.972. The number of nitrogens with zero attached hydrogens (tertiary/aromatic N) is 2. The van der Waals surface area contributed by atoms with Crippen LogP contribution in [0.2, 0.25) is 0 Å². The summed E-state index contributed by atoms with van der Waals surface area (Å²) in [6.07, 6.45) is 0.750. The molecule has 41 heavy (non-hydrogen) atoms. The lowest BCUT2D eigenvalue weighted by molar-refractivity contribution is -0.115. The first kappa shape index (κ1) is 31.2. The zero-order valence-electron chi connectivity index (χ0n) is 24.9. The van der Waals surface area contributed by atoms with Crippen LogP contribution >= 0.6 is 0 Å². The van der Waals surface area contributed by atoms with Gasteiger partial charge in [-0.15, -0.1) is 0 Å². The van der Waals surface area contributed by atoms with E-state index in [-0.39, 0.29) is 11.1 Å². The number of rotatable bonds is 10. The van der Waals surface area contributed by atoms with Gasteiger partial charge < -0.3 is 28.8 Å². The lowest BCUT2D eigenvalue weighted by Crippen LogP contribution is -2.12. The third-order valence-corrected chi connectivity index (χ3v) is 6.50. The maximum Gasteiger partial charge on any atom is 0.353 e. The molecule has 1 N–H and O–H groups in total. The number of carbonyl (C=O) groups is 2. The number of aromatic nitrogens is 1. The summed E-state index contributed by atoms with van der Waals surface area (Å²) in [7, 11) is 6.60. The molecule has 0 bridgehead atoms. The summed E-state index contributed by atoms with van der Waals surface area (Å²) < 4.78 is 18.2. The number of aromatic carboxylic acids is 1. The first-order chi connectivity index (χ1) is 19.5. The summed E-state index contributed by atoms with van der Waals surface area (Å²) in [5, 5.41) is 11.3. The molecule has 0 saturated heterocycles. The number of hydrogen-bond donors (Lipinski definition) is 1. The van der Waals surface area contributed by atoms with Crippen molar-refractivity contribution in [2.45, 2.75) is 32.7 Å². The summed E-state index contributed by atoms with van der Waals surface area (Å²) in [4.78, 5) is 23.6. The van der Waals surface area contributed by atoms with Gasteiger partial charge in [0.1, 0.15) is 23.8 Å². The lowest BCUT2D eigenvalue weighted by Gasteiger charge is -2.19. The minimum Gasteiger partial charge on any atom is -0.497 e. The van der Waals surface area contributed by atoms with E-state index in [1.165, 1.54) is 10.5 Å². The van der Waals surface area contributed by atoms with Gasteiger partial charge in [0, 0.05) is 50.3 Å². The molecule has 0 fully saturated rings. The molecule has 3 aromatic carbocycles. The van der Waals surface area contributed by atoms with E-state index in [2.05, 4.69) is 32.9 Å². The molecule has 4 rings (SSSR count). The zero-order chi connectivity index (χ0) is 30.2. The van der Waals surface area contributed by atoms with Crippen molar-refractivity contribution in [1.29, 1.82) is 0 Å². The van der Waals surface area contributed by atoms with E-state index < -0.39 is 5.97 Å². The Morgan fingerprint density at radius 3 is 2.15 bits per heavy atom. The fourth-order valence-corrected chi connectivity index (χ4v) is 4.47. The molecule has 1 heterocycles. The molecule has 0 aliphatic heterocycles. The van der Waals surface area contributed by atoms with E-state index in [1.54, 1.807) is 28.3 Å². The van der Waals surface area contributed by atoms with Crippen LogP contribution in [0.5, 0.6) is 11.5 Å². The number of carbonyl (C=O) groups excluding carboxylic acids is 1. The maximum atomic E-state index is 12.7. The van der Waals surface area contributed by atoms with Crippen molar-refractivity contribution in [3.05, 3.63) is 83.6 Å². The van der Waals surface area contributed by atoms with Gasteiger partial charge in [0.2, 0.25) is 6.41 Å². The maximum absolute atomic E-state index is 12.7. The quantitative estimate of drug-likeness (QED) is 0.186. The number of ether oxygens (including phenoxy) is 3. The fourth-order valence-electron chi connectivity index (χ4n) is 4.47. The lowest BCUT2D eigenvalue weighted by atomic mass is 9.86. The van der Waals surface area contributed by atoms with E-state index in [0.717, 1.165) is 34.0 Å². The summed E-state index contributed by atoms with van der Waals surface area (Å²) in [6, 6.07) is 21.7. The van der Waals surface area contributed by atoms with Crippen LogP contribution in [0.15, 0.2) is 66.7 Å². The highest BCUT2D eigenvalue weighted by atomic mass is 16.5. The Hall–Kier alpha value is -4.30. The summed E-state index contributed by atoms with van der Waals surface area (Å²) in [5.74, 6) is 0.319. The van der Waals surface area contributed by atoms with Crippen LogP contribution in [0.25, 0.3) is 22.0 Å². The smallest absolute Gasteiger partial charge is 0.353 e. The molecule has 0 aliphatic rings. The topological polar surface area (TPSA) is 90.2 Å². The van der Waals surface area contributed by atoms with Crippen molar-refractivity contribution >= 4 is 23.3 Å². The van der Waals surface area contributed by atoms with Crippen molar-refractivity contribution < 1.29 is 28.9 Å². The SMILES string of the molecule is CN(C)C=O.COCCOc1cc(Cn2c(C(=O)O)c(-c3ccc(C(C)(C)C)cc3)c3ccccc32)cc(OC)c1. The Morgan fingerprint density at radius 1 is 0.951 bits per heavy atom. The molecule has 0 aliphatic carbocycles. The summed E-state index contributed by atoms with van der Waals surface area (Å²) in [5.41, 5.74) is 4.79. The zero-order valence-corrected chi connectivity index (χ0v) is 24.9. The summed E-state index contributed by atoms with van der Waals surface area (Å²) in [6.45, 7) is 7.72. The van der Waals surface area contributed by atoms with Crippen LogP contribution in [-0.4, -0.2) is 68.5 Å². The number of carboxylic acid groups (broad SMARTS) is 1. The van der Waals surface area contributed by atoms with Gasteiger partial charge in [0.15, 0.2) is 0 Å². The average Bonchev–Trinajstić information content (AvgIpc) is 3.27. The number of methoxy groups -OCH3 is 2. The average molecular weight is 561 g/mol. The Bertz CT molecular complexity index is 1470. The molecule has 8 nitrogen and oxygen atoms in total. The molecule has 0 unspecified atom stereocenters. The van der Waals surface area contributed by atoms with E-state index in [9.17, 15) is 14.7 Å². The highest BCUT2D eigenvalue weighted by Gasteiger charge is 2.24. The van der Waals surface area contributed by atoms with Gasteiger partial charge in [0.05, 0.1) is 13.7 Å². The number of carboxylic acids is 1. The van der Waals surface area contributed by atoms with Crippen LogP contribution in [0.1, 0.15) is 42.4 Å². The normalized spacial score (nSPS) is 11.0. The van der Waals surface area contributed by atoms with E-state index >= 15 is 0 Å². The summed E-state index contributed by atoms with van der Waals surface area (Å²) >= 11 is 0. The first-order valence-corrected chi connectivity index (χ1v) is 13.4. The Labute approximate surface area is 242 Å². The monoisotopic (exact) mass is 560 g/mol. The third kappa shape index (κ3) is 7.89. The molecule has 0 spiro atoms. The highest BCUT2D eigenvalue weighted by Crippen LogP contribution is 2.37. The van der Waals surface area contributed by atoms with Crippen molar-refractivity contribution in [2.24, 2.45) is 0 Å². The van der Waals surface area contributed by atoms with Crippen LogP contribution in [-0.2, 0) is 21.5 Å². The Kier molecular flexibility index (Phi) is 10.6. The Balaban J connectivity index is 0.000000850. The van der Waals surface area contributed by atoms with Gasteiger partial charge in [-0.1, -0.05) is 63.2 Å². The van der Waals surface area contributed by atoms with Gasteiger partial charge in [-0.3, -0.25) is 4.79 Å². The van der Waals surface area contributed by atoms with E-state index in [0.29, 0.717) is 31.3 Å². The standard InChI is InChI=1S/C30H33NO5.C3H7NO/c1-30(2,3)22-12-10-21(11-13-22)27-25-8-6-7-9-26(25)31(28(27)29(32)33)19-20-16-23(35-5)18-24(17-20)36-15-14-34-4;1-4(2)3-5/h6-13,16-18H,14-15,19H2,1-5H3,(H,32,33);3H,1-2H3. The van der Waals surface area contributed by atoms with Crippen LogP contribution in [0, 0.1) is 0 Å². The van der Waals surface area contributed by atoms with Gasteiger partial charge in [-0.2, -0.15) is 0 Å².